The minimum absolute atomic E-state index is 0. The predicted octanol–water partition coefficient (Wildman–Crippen LogP) is 20.3. The summed E-state index contributed by atoms with van der Waals surface area (Å²) in [6.45, 7) is 35.4. The van der Waals surface area contributed by atoms with Gasteiger partial charge in [-0.3, -0.25) is 10.8 Å². The van der Waals surface area contributed by atoms with Gasteiger partial charge in [0.25, 0.3) is 0 Å². The van der Waals surface area contributed by atoms with Crippen LogP contribution in [0.1, 0.15) is 100 Å². The number of amidine groups is 3. The van der Waals surface area contributed by atoms with Crippen molar-refractivity contribution in [3.63, 3.8) is 0 Å². The third-order valence-electron chi connectivity index (χ3n) is 17.2. The van der Waals surface area contributed by atoms with Crippen molar-refractivity contribution >= 4 is 39.9 Å². The number of nitrogens with zero attached hydrogens (tertiary/aromatic N) is 7. The fourth-order valence-electron chi connectivity index (χ4n) is 12.4. The Morgan fingerprint density at radius 1 is 0.476 bits per heavy atom. The van der Waals surface area contributed by atoms with Crippen LogP contribution >= 0.6 is 0 Å². The molecule has 0 saturated heterocycles. The zero-order valence-electron chi connectivity index (χ0n) is 52.0. The summed E-state index contributed by atoms with van der Waals surface area (Å²) in [5.41, 5.74) is 7.97. The van der Waals surface area contributed by atoms with E-state index in [1.54, 1.807) is 12.1 Å². The molecule has 7 nitrogen and oxygen atoms in total. The molecule has 0 spiro atoms. The largest absolute Gasteiger partial charge is 3.00 e. The average molecular weight is 1470 g/mol. The molecular formula is C73H91Lu2N7Si2+2. The molecule has 2 saturated carbocycles. The van der Waals surface area contributed by atoms with Crippen LogP contribution in [0.3, 0.4) is 0 Å². The molecule has 9 unspecified atom stereocenters. The van der Waals surface area contributed by atoms with E-state index in [0.29, 0.717) is 23.5 Å². The van der Waals surface area contributed by atoms with Gasteiger partial charge in [0.1, 0.15) is 0 Å². The summed E-state index contributed by atoms with van der Waals surface area (Å²) in [5, 5.41) is 37.7. The van der Waals surface area contributed by atoms with Gasteiger partial charge in [0, 0.05) is 22.4 Å². The molecule has 11 heteroatoms. The maximum atomic E-state index is 10.7. The first-order valence-corrected chi connectivity index (χ1v) is 36.6. The fraction of sp³-hybridized carbons (Fsp3) is 0.356. The van der Waals surface area contributed by atoms with Gasteiger partial charge in [-0.25, -0.2) is 0 Å². The zero-order valence-corrected chi connectivity index (χ0v) is 57.3. The average Bonchev–Trinajstić information content (AvgIpc) is 2.65. The smallest absolute Gasteiger partial charge is 0.824 e. The summed E-state index contributed by atoms with van der Waals surface area (Å²) in [6, 6.07) is 69.0. The monoisotopic (exact) mass is 1470 g/mol. The molecule has 454 valence electrons. The number of hydrogen-bond donors (Lipinski definition) is 0. The molecule has 7 aromatic carbocycles. The maximum absolute atomic E-state index is 10.7. The van der Waals surface area contributed by atoms with Gasteiger partial charge in [-0.15, -0.1) is 6.54 Å². The van der Waals surface area contributed by atoms with Gasteiger partial charge in [0.2, 0.25) is 0 Å². The summed E-state index contributed by atoms with van der Waals surface area (Å²) in [5.74, 6) is 7.97. The van der Waals surface area contributed by atoms with Gasteiger partial charge in [0.05, 0.1) is 17.8 Å². The first kappa shape index (κ1) is 73.5. The van der Waals surface area contributed by atoms with Crippen LogP contribution in [0, 0.1) is 132 Å². The van der Waals surface area contributed by atoms with Crippen LogP contribution in [0.2, 0.25) is 50.4 Å². The minimum atomic E-state index is -0.934. The molecular weight excluding hydrogens is 1380 g/mol. The minimum Gasteiger partial charge on any atom is -0.824 e. The molecule has 0 aliphatic heterocycles. The van der Waals surface area contributed by atoms with Crippen LogP contribution in [-0.2, 0) is 6.54 Å². The van der Waals surface area contributed by atoms with Crippen LogP contribution in [0.5, 0.6) is 0 Å². The number of aliphatic imine (C=N–C) groups is 2. The summed E-state index contributed by atoms with van der Waals surface area (Å²) >= 11 is 0. The van der Waals surface area contributed by atoms with Crippen LogP contribution in [-0.4, -0.2) is 39.9 Å². The van der Waals surface area contributed by atoms with E-state index < -0.39 is 22.3 Å². The first-order valence-electron chi connectivity index (χ1n) is 29.5. The Kier molecular flexibility index (Phi) is 32.4. The Morgan fingerprint density at radius 2 is 0.821 bits per heavy atom. The van der Waals surface area contributed by atoms with E-state index in [4.69, 9.17) is 15.6 Å². The Labute approximate surface area is 567 Å². The third kappa shape index (κ3) is 23.1. The second-order valence-corrected chi connectivity index (χ2v) is 35.5. The van der Waals surface area contributed by atoms with Crippen molar-refractivity contribution in [1.29, 1.82) is 5.26 Å². The van der Waals surface area contributed by atoms with E-state index in [1.165, 1.54) is 0 Å². The quantitative estimate of drug-likeness (QED) is 0.0715. The molecule has 2 fully saturated rings. The molecule has 0 amide bonds. The van der Waals surface area contributed by atoms with E-state index in [2.05, 4.69) is 105 Å². The number of nitriles is 1. The molecule has 0 heterocycles. The molecule has 0 radical (unpaired) electrons. The van der Waals surface area contributed by atoms with E-state index in [-0.39, 0.29) is 85.4 Å². The second-order valence-electron chi connectivity index (χ2n) is 24.7. The number of benzene rings is 7. The van der Waals surface area contributed by atoms with Gasteiger partial charge < -0.3 is 26.4 Å². The Balaban J connectivity index is 0.000000300. The van der Waals surface area contributed by atoms with Crippen molar-refractivity contribution in [3.05, 3.63) is 273 Å². The molecule has 2 aliphatic rings. The number of hydrogen-bond acceptors (Lipinski definition) is 2. The molecule has 2 aliphatic carbocycles. The summed E-state index contributed by atoms with van der Waals surface area (Å²) < 4.78 is 0. The van der Waals surface area contributed by atoms with Crippen molar-refractivity contribution in [1.82, 2.24) is 0 Å². The van der Waals surface area contributed by atoms with Crippen LogP contribution in [0.15, 0.2) is 222 Å². The molecule has 0 N–H and O–H groups in total. The van der Waals surface area contributed by atoms with Gasteiger partial charge in [-0.05, 0) is 92.8 Å². The molecule has 9 rings (SSSR count). The Morgan fingerprint density at radius 3 is 1.19 bits per heavy atom. The van der Waals surface area contributed by atoms with E-state index in [9.17, 15) is 10.8 Å². The van der Waals surface area contributed by atoms with E-state index >= 15 is 0 Å². The molecule has 0 aromatic heterocycles. The van der Waals surface area contributed by atoms with Crippen LogP contribution < -0.4 is 0 Å². The number of rotatable bonds is 11. The molecule has 0 bridgehead atoms. The van der Waals surface area contributed by atoms with Crippen LogP contribution in [0.4, 0.5) is 0 Å². The van der Waals surface area contributed by atoms with Crippen LogP contribution in [0.25, 0.3) is 21.5 Å². The van der Waals surface area contributed by atoms with Crippen molar-refractivity contribution in [3.8, 4) is 6.07 Å². The SMILES string of the molecule is CC1C(C)C(C)C([Si](C)(C)C)C1C.CC1C(C)C(C)C([Si](C)(C)C)C1C.N#Cc1ccccc1.[Lu+3].[Lu+3].[N-]=C(N=C([N-]C(/N=C/c1ccccc1)c1ccccc1)c1ccccc1)c1ccccc1.[N-]=C([N-]Cc1ccccc1)c1ccccc1. The second kappa shape index (κ2) is 37.0. The van der Waals surface area contributed by atoms with Crippen molar-refractivity contribution in [2.75, 3.05) is 0 Å². The topological polar surface area (TPSA) is 121 Å². The molecule has 84 heavy (non-hydrogen) atoms. The van der Waals surface area contributed by atoms with E-state index in [0.717, 1.165) is 86.2 Å². The Bertz CT molecular complexity index is 2990. The maximum Gasteiger partial charge on any atom is 3.00 e. The first-order chi connectivity index (χ1) is 39.1. The molecule has 7 aromatic rings. The van der Waals surface area contributed by atoms with Gasteiger partial charge in [0.15, 0.2) is 0 Å². The zero-order chi connectivity index (χ0) is 59.8. The van der Waals surface area contributed by atoms with Gasteiger partial charge in [-0.1, -0.05) is 318 Å². The van der Waals surface area contributed by atoms with Gasteiger partial charge in [-0.2, -0.15) is 5.26 Å². The summed E-state index contributed by atoms with van der Waals surface area (Å²) in [4.78, 5) is 9.23. The molecule has 9 atom stereocenters. The van der Waals surface area contributed by atoms with Crippen molar-refractivity contribution in [2.45, 2.75) is 118 Å². The third-order valence-corrected chi connectivity index (χ3v) is 23.3. The Hall–Kier alpha value is -4.79. The standard InChI is InChI=1S/C28H22N4.C14H12N2.2C12H26Si.C7H5N.2Lu/c29-26(23-15-7-2-8-16-23)31-28(25-19-11-4-12-20-25)32-27(24-17-9-3-10-18-24)30-21-22-13-5-1-6-14-22;15-14(13-9-5-2-6-10-13)16-11-12-7-3-1-4-8-12;2*1-8-9(2)11(4)12(10(8)3)13(5,6)7;8-6-7-4-2-1-3-5-7;;/h1-21,27H;1-10H,11H2;2*8-12H,1-7H3;1-5H;;/q2*-2;;;;2*+3/b30-21+;;;;;;. The van der Waals surface area contributed by atoms with Crippen molar-refractivity contribution in [2.24, 2.45) is 57.3 Å². The summed E-state index contributed by atoms with van der Waals surface area (Å²) in [7, 11) is -1.87. The predicted molar refractivity (Wildman–Crippen MR) is 360 cm³/mol. The fourth-order valence-corrected chi connectivity index (χ4v) is 19.9. The van der Waals surface area contributed by atoms with Crippen molar-refractivity contribution < 1.29 is 73.7 Å². The summed E-state index contributed by atoms with van der Waals surface area (Å²) in [6.07, 6.45) is 1.30. The normalized spacial score (nSPS) is 21.8. The van der Waals surface area contributed by atoms with E-state index in [1.807, 2.05) is 212 Å². The van der Waals surface area contributed by atoms with Gasteiger partial charge >= 0.3 is 73.7 Å².